The van der Waals surface area contributed by atoms with Crippen molar-refractivity contribution >= 4 is 23.4 Å². The van der Waals surface area contributed by atoms with Crippen LogP contribution in [0.1, 0.15) is 32.0 Å². The number of carbonyl (C=O) groups excluding carboxylic acids is 3. The number of amides is 2. The highest BCUT2D eigenvalue weighted by Gasteiger charge is 2.36. The van der Waals surface area contributed by atoms with E-state index in [1.807, 2.05) is 13.0 Å². The fraction of sp³-hybridized carbons (Fsp3) is 0.150. The van der Waals surface area contributed by atoms with Gasteiger partial charge >= 0.3 is 5.97 Å². The second-order valence-corrected chi connectivity index (χ2v) is 6.37. The Morgan fingerprint density at radius 1 is 1.04 bits per heavy atom. The summed E-state index contributed by atoms with van der Waals surface area (Å²) in [5, 5.41) is 0. The molecule has 0 bridgehead atoms. The minimum atomic E-state index is -0.763. The minimum Gasteiger partial charge on any atom is -0.458 e. The van der Waals surface area contributed by atoms with E-state index in [9.17, 15) is 19.2 Å². The zero-order valence-corrected chi connectivity index (χ0v) is 14.9. The molecule has 1 aliphatic rings. The zero-order chi connectivity index (χ0) is 19.8. The van der Waals surface area contributed by atoms with Crippen molar-refractivity contribution < 1.29 is 19.1 Å². The maximum absolute atomic E-state index is 12.3. The van der Waals surface area contributed by atoms with Crippen LogP contribution in [0, 0.1) is 6.92 Å². The lowest BCUT2D eigenvalue weighted by Gasteiger charge is -2.13. The van der Waals surface area contributed by atoms with Gasteiger partial charge in [0.15, 0.2) is 0 Å². The highest BCUT2D eigenvalue weighted by molar-refractivity contribution is 6.22. The van der Waals surface area contributed by atoms with E-state index < -0.39 is 24.3 Å². The average Bonchev–Trinajstić information content (AvgIpc) is 2.92. The first-order valence-electron chi connectivity index (χ1n) is 8.54. The molecule has 0 N–H and O–H groups in total. The molecular formula is C20H15N3O5. The molecule has 0 atom stereocenters. The number of rotatable bonds is 4. The van der Waals surface area contributed by atoms with Crippen LogP contribution in [0.15, 0.2) is 53.5 Å². The molecule has 8 nitrogen and oxygen atoms in total. The molecule has 140 valence electrons. The summed E-state index contributed by atoms with van der Waals surface area (Å²) >= 11 is 0. The lowest BCUT2D eigenvalue weighted by molar-refractivity contribution is -0.145. The molecule has 0 saturated heterocycles. The lowest BCUT2D eigenvalue weighted by atomic mass is 10.1. The van der Waals surface area contributed by atoms with Crippen molar-refractivity contribution in [1.29, 1.82) is 0 Å². The molecule has 4 rings (SSSR count). The normalized spacial score (nSPS) is 13.1. The SMILES string of the molecule is Cc1cccn2c(=O)cc(COC(=O)CN3C(=O)c4ccccc4C3=O)nc12. The van der Waals surface area contributed by atoms with Gasteiger partial charge in [-0.1, -0.05) is 18.2 Å². The van der Waals surface area contributed by atoms with Gasteiger partial charge in [-0.3, -0.25) is 28.5 Å². The number of esters is 1. The number of fused-ring (bicyclic) bond motifs is 2. The van der Waals surface area contributed by atoms with Crippen molar-refractivity contribution in [2.75, 3.05) is 6.54 Å². The number of hydrogen-bond donors (Lipinski definition) is 0. The Kier molecular flexibility index (Phi) is 4.23. The maximum atomic E-state index is 12.3. The Morgan fingerprint density at radius 2 is 1.71 bits per heavy atom. The van der Waals surface area contributed by atoms with Gasteiger partial charge in [0.1, 0.15) is 18.8 Å². The van der Waals surface area contributed by atoms with E-state index in [2.05, 4.69) is 4.98 Å². The first-order valence-corrected chi connectivity index (χ1v) is 8.54. The van der Waals surface area contributed by atoms with Crippen LogP contribution in [0.5, 0.6) is 0 Å². The molecule has 0 unspecified atom stereocenters. The second kappa shape index (κ2) is 6.73. The number of ether oxygens (including phenoxy) is 1. The van der Waals surface area contributed by atoms with Gasteiger partial charge in [0.25, 0.3) is 17.4 Å². The van der Waals surface area contributed by atoms with Crippen molar-refractivity contribution in [3.63, 3.8) is 0 Å². The molecule has 1 aromatic carbocycles. The Morgan fingerprint density at radius 3 is 2.39 bits per heavy atom. The van der Waals surface area contributed by atoms with Crippen molar-refractivity contribution in [3.8, 4) is 0 Å². The summed E-state index contributed by atoms with van der Waals surface area (Å²) in [6, 6.07) is 11.2. The number of aromatic nitrogens is 2. The number of hydrogen-bond acceptors (Lipinski definition) is 6. The molecule has 2 aromatic heterocycles. The van der Waals surface area contributed by atoms with Crippen LogP contribution in [0.3, 0.4) is 0 Å². The van der Waals surface area contributed by atoms with Crippen LogP contribution in [-0.4, -0.2) is 38.6 Å². The van der Waals surface area contributed by atoms with E-state index in [0.717, 1.165) is 10.5 Å². The predicted octanol–water partition coefficient (Wildman–Crippen LogP) is 1.34. The summed E-state index contributed by atoms with van der Waals surface area (Å²) in [7, 11) is 0. The van der Waals surface area contributed by atoms with Crippen LogP contribution in [0.25, 0.3) is 5.65 Å². The molecule has 0 fully saturated rings. The molecule has 28 heavy (non-hydrogen) atoms. The van der Waals surface area contributed by atoms with Crippen LogP contribution < -0.4 is 5.56 Å². The summed E-state index contributed by atoms with van der Waals surface area (Å²) in [6.07, 6.45) is 1.61. The van der Waals surface area contributed by atoms with E-state index in [-0.39, 0.29) is 29.0 Å². The summed E-state index contributed by atoms with van der Waals surface area (Å²) in [6.45, 7) is 1.08. The number of nitrogens with zero attached hydrogens (tertiary/aromatic N) is 3. The number of imide groups is 1. The lowest BCUT2D eigenvalue weighted by Crippen LogP contribution is -2.35. The fourth-order valence-electron chi connectivity index (χ4n) is 3.09. The third-order valence-electron chi connectivity index (χ3n) is 4.49. The van der Waals surface area contributed by atoms with Crippen LogP contribution in [-0.2, 0) is 16.1 Å². The number of benzene rings is 1. The van der Waals surface area contributed by atoms with Gasteiger partial charge in [-0.25, -0.2) is 4.98 Å². The van der Waals surface area contributed by atoms with Crippen LogP contribution in [0.2, 0.25) is 0 Å². The highest BCUT2D eigenvalue weighted by atomic mass is 16.5. The molecular weight excluding hydrogens is 362 g/mol. The van der Waals surface area contributed by atoms with Gasteiger partial charge in [0.05, 0.1) is 16.8 Å². The largest absolute Gasteiger partial charge is 0.458 e. The molecule has 0 saturated carbocycles. The Balaban J connectivity index is 1.47. The van der Waals surface area contributed by atoms with Gasteiger partial charge in [-0.15, -0.1) is 0 Å². The molecule has 1 aliphatic heterocycles. The first-order chi connectivity index (χ1) is 13.5. The van der Waals surface area contributed by atoms with E-state index in [1.54, 1.807) is 24.4 Å². The third kappa shape index (κ3) is 2.94. The molecule has 0 radical (unpaired) electrons. The van der Waals surface area contributed by atoms with Crippen LogP contribution in [0.4, 0.5) is 0 Å². The second-order valence-electron chi connectivity index (χ2n) is 6.37. The summed E-state index contributed by atoms with van der Waals surface area (Å²) in [4.78, 5) is 54.1. The number of pyridine rings is 1. The molecule has 3 heterocycles. The van der Waals surface area contributed by atoms with Crippen molar-refractivity contribution in [3.05, 3.63) is 81.4 Å². The van der Waals surface area contributed by atoms with Gasteiger partial charge in [0.2, 0.25) is 0 Å². The Labute approximate surface area is 159 Å². The molecule has 8 heteroatoms. The standard InChI is InChI=1S/C20H15N3O5/c1-12-5-4-8-22-16(24)9-13(21-18(12)22)11-28-17(25)10-23-19(26)14-6-2-3-7-15(14)20(23)27/h2-9H,10-11H2,1H3. The molecule has 2 amide bonds. The maximum Gasteiger partial charge on any atom is 0.326 e. The quantitative estimate of drug-likeness (QED) is 0.503. The molecule has 3 aromatic rings. The zero-order valence-electron chi connectivity index (χ0n) is 14.9. The van der Waals surface area contributed by atoms with Gasteiger partial charge in [-0.05, 0) is 30.7 Å². The molecule has 0 spiro atoms. The Bertz CT molecular complexity index is 1160. The highest BCUT2D eigenvalue weighted by Crippen LogP contribution is 2.22. The van der Waals surface area contributed by atoms with Gasteiger partial charge in [-0.2, -0.15) is 0 Å². The summed E-state index contributed by atoms with van der Waals surface area (Å²) in [5.41, 5.74) is 1.80. The van der Waals surface area contributed by atoms with E-state index >= 15 is 0 Å². The number of carbonyl (C=O) groups is 3. The van der Waals surface area contributed by atoms with E-state index in [4.69, 9.17) is 4.74 Å². The predicted molar refractivity (Wildman–Crippen MR) is 97.8 cm³/mol. The van der Waals surface area contributed by atoms with Crippen LogP contribution >= 0.6 is 0 Å². The average molecular weight is 377 g/mol. The van der Waals surface area contributed by atoms with Crippen molar-refractivity contribution in [2.24, 2.45) is 0 Å². The van der Waals surface area contributed by atoms with Crippen molar-refractivity contribution in [2.45, 2.75) is 13.5 Å². The Hall–Kier alpha value is -3.81. The number of aryl methyl sites for hydroxylation is 1. The monoisotopic (exact) mass is 377 g/mol. The topological polar surface area (TPSA) is 98.0 Å². The van der Waals surface area contributed by atoms with E-state index in [1.165, 1.54) is 22.6 Å². The summed E-state index contributed by atoms with van der Waals surface area (Å²) < 4.78 is 6.54. The summed E-state index contributed by atoms with van der Waals surface area (Å²) in [5.74, 6) is -1.83. The first kappa shape index (κ1) is 17.6. The van der Waals surface area contributed by atoms with Crippen molar-refractivity contribution in [1.82, 2.24) is 14.3 Å². The van der Waals surface area contributed by atoms with E-state index in [0.29, 0.717) is 5.65 Å². The van der Waals surface area contributed by atoms with Gasteiger partial charge < -0.3 is 4.74 Å². The third-order valence-corrected chi connectivity index (χ3v) is 4.49. The minimum absolute atomic E-state index is 0.234. The van der Waals surface area contributed by atoms with Gasteiger partial charge in [0, 0.05) is 12.3 Å². The smallest absolute Gasteiger partial charge is 0.326 e. The fourth-order valence-corrected chi connectivity index (χ4v) is 3.09. The molecule has 0 aliphatic carbocycles.